The average molecular weight is 319 g/mol. The maximum absolute atomic E-state index is 12.5. The van der Waals surface area contributed by atoms with Crippen LogP contribution in [-0.4, -0.2) is 46.5 Å². The maximum Gasteiger partial charge on any atom is 0.255 e. The molecule has 116 valence electrons. The van der Waals surface area contributed by atoms with Gasteiger partial charge in [-0.2, -0.15) is 0 Å². The summed E-state index contributed by atoms with van der Waals surface area (Å²) in [6, 6.07) is 7.21. The summed E-state index contributed by atoms with van der Waals surface area (Å²) in [7, 11) is 0. The fourth-order valence-electron chi connectivity index (χ4n) is 2.75. The maximum atomic E-state index is 12.5. The zero-order valence-electron chi connectivity index (χ0n) is 12.6. The molecular formula is C16H19ClN4O. The summed E-state index contributed by atoms with van der Waals surface area (Å²) in [6.07, 6.45) is 3.80. The van der Waals surface area contributed by atoms with Gasteiger partial charge in [-0.05, 0) is 19.1 Å². The van der Waals surface area contributed by atoms with Crippen molar-refractivity contribution in [1.29, 1.82) is 0 Å². The number of hydrogen-bond acceptors (Lipinski definition) is 3. The van der Waals surface area contributed by atoms with E-state index in [0.29, 0.717) is 23.7 Å². The van der Waals surface area contributed by atoms with Crippen LogP contribution in [0.4, 0.5) is 5.95 Å². The van der Waals surface area contributed by atoms with Crippen molar-refractivity contribution in [1.82, 2.24) is 14.5 Å². The first-order valence-corrected chi connectivity index (χ1v) is 7.88. The van der Waals surface area contributed by atoms with Gasteiger partial charge in [0.05, 0.1) is 10.6 Å². The number of rotatable bonds is 3. The number of imidazole rings is 1. The van der Waals surface area contributed by atoms with E-state index in [0.717, 1.165) is 25.6 Å². The minimum Gasteiger partial charge on any atom is -0.339 e. The number of carbonyl (C=O) groups is 1. The van der Waals surface area contributed by atoms with Crippen LogP contribution >= 0.6 is 11.6 Å². The van der Waals surface area contributed by atoms with E-state index in [1.807, 2.05) is 29.4 Å². The lowest BCUT2D eigenvalue weighted by atomic mass is 10.2. The average Bonchev–Trinajstić information content (AvgIpc) is 3.03. The SMILES string of the molecule is CCn1ccnc1N1CCN(C(=O)c2ccccc2Cl)CC1. The smallest absolute Gasteiger partial charge is 0.255 e. The van der Waals surface area contributed by atoms with Crippen LogP contribution in [-0.2, 0) is 6.54 Å². The Morgan fingerprint density at radius 1 is 1.23 bits per heavy atom. The third-order valence-electron chi connectivity index (χ3n) is 3.99. The van der Waals surface area contributed by atoms with Crippen LogP contribution in [0.2, 0.25) is 5.02 Å². The highest BCUT2D eigenvalue weighted by Gasteiger charge is 2.25. The summed E-state index contributed by atoms with van der Waals surface area (Å²) in [4.78, 5) is 21.0. The number of aryl methyl sites for hydroxylation is 1. The molecule has 0 unspecified atom stereocenters. The molecule has 5 nitrogen and oxygen atoms in total. The van der Waals surface area contributed by atoms with Crippen LogP contribution in [0.1, 0.15) is 17.3 Å². The lowest BCUT2D eigenvalue weighted by Crippen LogP contribution is -2.49. The van der Waals surface area contributed by atoms with Crippen molar-refractivity contribution >= 4 is 23.5 Å². The molecule has 0 radical (unpaired) electrons. The van der Waals surface area contributed by atoms with Crippen LogP contribution in [0.25, 0.3) is 0 Å². The van der Waals surface area contributed by atoms with Gasteiger partial charge in [0.1, 0.15) is 0 Å². The fourth-order valence-corrected chi connectivity index (χ4v) is 2.96. The molecule has 1 aromatic heterocycles. The molecule has 0 spiro atoms. The first kappa shape index (κ1) is 14.9. The summed E-state index contributed by atoms with van der Waals surface area (Å²) in [6.45, 7) is 5.93. The van der Waals surface area contributed by atoms with E-state index in [1.165, 1.54) is 0 Å². The molecule has 1 saturated heterocycles. The normalized spacial score (nSPS) is 15.2. The standard InChI is InChI=1S/C16H19ClN4O/c1-2-19-8-7-18-16(19)21-11-9-20(10-12-21)15(22)13-5-3-4-6-14(13)17/h3-8H,2,9-12H2,1H3. The Labute approximate surface area is 135 Å². The zero-order chi connectivity index (χ0) is 15.5. The molecule has 0 N–H and O–H groups in total. The summed E-state index contributed by atoms with van der Waals surface area (Å²) in [5, 5.41) is 0.511. The van der Waals surface area contributed by atoms with E-state index < -0.39 is 0 Å². The van der Waals surface area contributed by atoms with Crippen LogP contribution in [0.15, 0.2) is 36.7 Å². The topological polar surface area (TPSA) is 41.4 Å². The Hall–Kier alpha value is -2.01. The van der Waals surface area contributed by atoms with E-state index in [9.17, 15) is 4.79 Å². The van der Waals surface area contributed by atoms with Crippen molar-refractivity contribution in [2.75, 3.05) is 31.1 Å². The fraction of sp³-hybridized carbons (Fsp3) is 0.375. The number of hydrogen-bond donors (Lipinski definition) is 0. The van der Waals surface area contributed by atoms with E-state index in [2.05, 4.69) is 21.4 Å². The van der Waals surface area contributed by atoms with Gasteiger partial charge in [0.25, 0.3) is 5.91 Å². The number of benzene rings is 1. The van der Waals surface area contributed by atoms with Crippen molar-refractivity contribution in [3.05, 3.63) is 47.2 Å². The van der Waals surface area contributed by atoms with Crippen molar-refractivity contribution in [2.24, 2.45) is 0 Å². The van der Waals surface area contributed by atoms with E-state index >= 15 is 0 Å². The minimum atomic E-state index is 0.00378. The number of nitrogens with zero attached hydrogens (tertiary/aromatic N) is 4. The van der Waals surface area contributed by atoms with Crippen molar-refractivity contribution in [2.45, 2.75) is 13.5 Å². The largest absolute Gasteiger partial charge is 0.339 e. The van der Waals surface area contributed by atoms with E-state index in [4.69, 9.17) is 11.6 Å². The van der Waals surface area contributed by atoms with E-state index in [-0.39, 0.29) is 5.91 Å². The molecule has 0 atom stereocenters. The van der Waals surface area contributed by atoms with Crippen molar-refractivity contribution in [3.8, 4) is 0 Å². The molecule has 1 aromatic carbocycles. The lowest BCUT2D eigenvalue weighted by Gasteiger charge is -2.35. The first-order valence-electron chi connectivity index (χ1n) is 7.50. The van der Waals surface area contributed by atoms with Gasteiger partial charge in [0.15, 0.2) is 0 Å². The molecule has 2 heterocycles. The molecule has 22 heavy (non-hydrogen) atoms. The molecule has 2 aromatic rings. The number of anilines is 1. The summed E-state index contributed by atoms with van der Waals surface area (Å²) < 4.78 is 2.12. The van der Waals surface area contributed by atoms with Gasteiger partial charge in [-0.3, -0.25) is 4.79 Å². The Kier molecular flexibility index (Phi) is 4.34. The van der Waals surface area contributed by atoms with Crippen LogP contribution in [0, 0.1) is 0 Å². The third-order valence-corrected chi connectivity index (χ3v) is 4.32. The predicted octanol–water partition coefficient (Wildman–Crippen LogP) is 2.52. The molecule has 0 aliphatic carbocycles. The predicted molar refractivity (Wildman–Crippen MR) is 87.5 cm³/mol. The lowest BCUT2D eigenvalue weighted by molar-refractivity contribution is 0.0746. The Morgan fingerprint density at radius 3 is 2.64 bits per heavy atom. The molecule has 1 amide bonds. The number of aromatic nitrogens is 2. The number of amides is 1. The second-order valence-corrected chi connectivity index (χ2v) is 5.68. The molecule has 0 bridgehead atoms. The molecule has 0 saturated carbocycles. The number of halogens is 1. The van der Waals surface area contributed by atoms with E-state index in [1.54, 1.807) is 12.1 Å². The molecule has 1 aliphatic rings. The highest BCUT2D eigenvalue weighted by molar-refractivity contribution is 6.33. The summed E-state index contributed by atoms with van der Waals surface area (Å²) in [5.74, 6) is 0.983. The van der Waals surface area contributed by atoms with Gasteiger partial charge in [0, 0.05) is 45.1 Å². The number of carbonyl (C=O) groups excluding carboxylic acids is 1. The van der Waals surface area contributed by atoms with Crippen molar-refractivity contribution < 1.29 is 4.79 Å². The summed E-state index contributed by atoms with van der Waals surface area (Å²) >= 11 is 6.12. The molecule has 6 heteroatoms. The van der Waals surface area contributed by atoms with Gasteiger partial charge >= 0.3 is 0 Å². The van der Waals surface area contributed by atoms with Crippen LogP contribution in [0.5, 0.6) is 0 Å². The highest BCUT2D eigenvalue weighted by atomic mass is 35.5. The quantitative estimate of drug-likeness (QED) is 0.873. The van der Waals surface area contributed by atoms with Gasteiger partial charge < -0.3 is 14.4 Å². The minimum absolute atomic E-state index is 0.00378. The molecule has 1 fully saturated rings. The first-order chi connectivity index (χ1) is 10.7. The van der Waals surface area contributed by atoms with Gasteiger partial charge in [-0.25, -0.2) is 4.98 Å². The zero-order valence-corrected chi connectivity index (χ0v) is 13.3. The Bertz CT molecular complexity index is 662. The van der Waals surface area contributed by atoms with Gasteiger partial charge in [-0.1, -0.05) is 23.7 Å². The second-order valence-electron chi connectivity index (χ2n) is 5.27. The van der Waals surface area contributed by atoms with Gasteiger partial charge in [-0.15, -0.1) is 0 Å². The Morgan fingerprint density at radius 2 is 1.95 bits per heavy atom. The molecule has 3 rings (SSSR count). The third kappa shape index (κ3) is 2.81. The molecule has 1 aliphatic heterocycles. The monoisotopic (exact) mass is 318 g/mol. The number of piperazine rings is 1. The van der Waals surface area contributed by atoms with Crippen LogP contribution in [0.3, 0.4) is 0 Å². The summed E-state index contributed by atoms with van der Waals surface area (Å²) in [5.41, 5.74) is 0.577. The molecular weight excluding hydrogens is 300 g/mol. The second kappa shape index (κ2) is 6.40. The van der Waals surface area contributed by atoms with Crippen molar-refractivity contribution in [3.63, 3.8) is 0 Å². The van der Waals surface area contributed by atoms with Crippen LogP contribution < -0.4 is 4.90 Å². The highest BCUT2D eigenvalue weighted by Crippen LogP contribution is 2.19. The van der Waals surface area contributed by atoms with Gasteiger partial charge in [0.2, 0.25) is 5.95 Å². The Balaban J connectivity index is 1.67.